The van der Waals surface area contributed by atoms with Gasteiger partial charge in [0.25, 0.3) is 5.56 Å². The molecule has 0 unspecified atom stereocenters. The lowest BCUT2D eigenvalue weighted by Crippen LogP contribution is -2.44. The summed E-state index contributed by atoms with van der Waals surface area (Å²) >= 11 is 0. The Hall–Kier alpha value is -3.15. The van der Waals surface area contributed by atoms with Crippen molar-refractivity contribution in [2.24, 2.45) is 0 Å². The number of aromatic amines is 1. The minimum Gasteiger partial charge on any atom is -0.356 e. The number of H-pyrrole nitrogens is 1. The molecule has 9 nitrogen and oxygen atoms in total. The van der Waals surface area contributed by atoms with Crippen LogP contribution in [0.1, 0.15) is 31.4 Å². The number of hydrogen-bond acceptors (Lipinski definition) is 6. The summed E-state index contributed by atoms with van der Waals surface area (Å²) < 4.78 is 40.7. The Morgan fingerprint density at radius 1 is 1.00 bits per heavy atom. The summed E-state index contributed by atoms with van der Waals surface area (Å²) in [5.74, 6) is 1.05. The maximum atomic E-state index is 12.8. The number of piperidine rings is 1. The van der Waals surface area contributed by atoms with Gasteiger partial charge in [-0.25, -0.2) is 15.0 Å². The fourth-order valence-electron chi connectivity index (χ4n) is 4.52. The van der Waals surface area contributed by atoms with E-state index in [4.69, 9.17) is 0 Å². The molecular weight excluding hydrogens is 425 g/mol. The summed E-state index contributed by atoms with van der Waals surface area (Å²) in [7, 11) is 0. The van der Waals surface area contributed by atoms with Crippen molar-refractivity contribution in [1.82, 2.24) is 34.2 Å². The molecule has 3 aromatic heterocycles. The third kappa shape index (κ3) is 3.90. The van der Waals surface area contributed by atoms with E-state index in [9.17, 15) is 18.0 Å². The number of nitrogens with one attached hydrogen (secondary N) is 1. The fourth-order valence-corrected chi connectivity index (χ4v) is 4.52. The highest BCUT2D eigenvalue weighted by Gasteiger charge is 2.34. The van der Waals surface area contributed by atoms with Crippen molar-refractivity contribution in [1.29, 1.82) is 0 Å². The zero-order chi connectivity index (χ0) is 22.3. The number of alkyl halides is 3. The molecule has 5 rings (SSSR count). The lowest BCUT2D eigenvalue weighted by Gasteiger charge is -2.37. The molecule has 2 aliphatic rings. The summed E-state index contributed by atoms with van der Waals surface area (Å²) in [5.41, 5.74) is -1.58. The van der Waals surface area contributed by atoms with Gasteiger partial charge in [-0.15, -0.1) is 0 Å². The third-order valence-corrected chi connectivity index (χ3v) is 6.22. The van der Waals surface area contributed by atoms with Crippen molar-refractivity contribution >= 4 is 5.82 Å². The van der Waals surface area contributed by atoms with Crippen molar-refractivity contribution < 1.29 is 13.2 Å². The molecule has 0 saturated carbocycles. The molecular formula is C20H23F3N8O. The smallest absolute Gasteiger partial charge is 0.356 e. The lowest BCUT2D eigenvalue weighted by atomic mass is 10.0. The number of aromatic nitrogens is 6. The molecule has 0 aromatic carbocycles. The van der Waals surface area contributed by atoms with Crippen LogP contribution in [0.5, 0.6) is 0 Å². The quantitative estimate of drug-likeness (QED) is 0.659. The van der Waals surface area contributed by atoms with Crippen molar-refractivity contribution in [3.63, 3.8) is 0 Å². The number of hydrogen-bond donors (Lipinski definition) is 1. The van der Waals surface area contributed by atoms with Crippen LogP contribution in [0.2, 0.25) is 0 Å². The first-order valence-electron chi connectivity index (χ1n) is 10.6. The molecule has 0 radical (unpaired) electrons. The first-order valence-corrected chi connectivity index (χ1v) is 10.6. The Morgan fingerprint density at radius 3 is 2.41 bits per heavy atom. The predicted octanol–water partition coefficient (Wildman–Crippen LogP) is 2.22. The van der Waals surface area contributed by atoms with Gasteiger partial charge in [-0.1, -0.05) is 0 Å². The van der Waals surface area contributed by atoms with Crippen molar-refractivity contribution in [3.8, 4) is 11.5 Å². The van der Waals surface area contributed by atoms with E-state index in [2.05, 4.69) is 29.9 Å². The maximum Gasteiger partial charge on any atom is 0.434 e. The molecule has 0 atom stereocenters. The Bertz CT molecular complexity index is 1140. The number of likely N-dealkylation sites (tertiary alicyclic amines) is 1. The Morgan fingerprint density at radius 2 is 1.72 bits per heavy atom. The topological polar surface area (TPSA) is 87.9 Å². The minimum atomic E-state index is -4.58. The van der Waals surface area contributed by atoms with Crippen LogP contribution in [-0.2, 0) is 6.18 Å². The van der Waals surface area contributed by atoms with Gasteiger partial charge in [0, 0.05) is 37.6 Å². The van der Waals surface area contributed by atoms with E-state index in [1.165, 1.54) is 43.1 Å². The average Bonchev–Trinajstić information content (AvgIpc) is 3.54. The Kier molecular flexibility index (Phi) is 5.24. The van der Waals surface area contributed by atoms with E-state index in [1.807, 2.05) is 0 Å². The highest BCUT2D eigenvalue weighted by molar-refractivity contribution is 5.44. The second kappa shape index (κ2) is 8.08. The van der Waals surface area contributed by atoms with Gasteiger partial charge in [0.2, 0.25) is 0 Å². The van der Waals surface area contributed by atoms with E-state index in [0.717, 1.165) is 48.8 Å². The average molecular weight is 448 g/mol. The molecule has 2 aliphatic heterocycles. The van der Waals surface area contributed by atoms with Gasteiger partial charge in [0.1, 0.15) is 24.2 Å². The predicted molar refractivity (Wildman–Crippen MR) is 110 cm³/mol. The van der Waals surface area contributed by atoms with Crippen molar-refractivity contribution in [2.45, 2.75) is 37.9 Å². The number of anilines is 1. The summed E-state index contributed by atoms with van der Waals surface area (Å²) in [4.78, 5) is 29.5. The normalized spacial score (nSPS) is 18.5. The third-order valence-electron chi connectivity index (χ3n) is 6.22. The van der Waals surface area contributed by atoms with Gasteiger partial charge in [-0.3, -0.25) is 14.5 Å². The van der Waals surface area contributed by atoms with Crippen molar-refractivity contribution in [2.75, 3.05) is 31.1 Å². The molecule has 0 spiro atoms. The first-order chi connectivity index (χ1) is 15.4. The zero-order valence-corrected chi connectivity index (χ0v) is 17.3. The second-order valence-electron chi connectivity index (χ2n) is 8.16. The zero-order valence-electron chi connectivity index (χ0n) is 17.3. The summed E-state index contributed by atoms with van der Waals surface area (Å²) in [5, 5.41) is 2.77. The molecule has 0 aliphatic carbocycles. The number of imidazole rings is 1. The van der Waals surface area contributed by atoms with Crippen LogP contribution in [0.25, 0.3) is 11.5 Å². The molecule has 0 bridgehead atoms. The summed E-state index contributed by atoms with van der Waals surface area (Å²) in [6.45, 7) is 4.11. The molecule has 5 heterocycles. The van der Waals surface area contributed by atoms with Crippen LogP contribution in [0.3, 0.4) is 0 Å². The molecule has 0 amide bonds. The van der Waals surface area contributed by atoms with Crippen LogP contribution >= 0.6 is 0 Å². The fraction of sp³-hybridized carbons (Fsp3) is 0.500. The minimum absolute atomic E-state index is 0.0135. The number of nitrogens with zero attached hydrogens (tertiary/aromatic N) is 7. The Labute approximate surface area is 181 Å². The largest absolute Gasteiger partial charge is 0.434 e. The Balaban J connectivity index is 1.34. The van der Waals surface area contributed by atoms with Crippen molar-refractivity contribution in [3.05, 3.63) is 47.2 Å². The van der Waals surface area contributed by atoms with Gasteiger partial charge in [0.15, 0.2) is 11.5 Å². The first kappa shape index (κ1) is 20.7. The van der Waals surface area contributed by atoms with Gasteiger partial charge in [0.05, 0.1) is 0 Å². The van der Waals surface area contributed by atoms with Crippen LogP contribution in [0.15, 0.2) is 35.9 Å². The van der Waals surface area contributed by atoms with Crippen LogP contribution in [-0.4, -0.2) is 66.4 Å². The molecule has 2 fully saturated rings. The molecule has 170 valence electrons. The molecule has 1 N–H and O–H groups in total. The standard InChI is InChI=1S/C20H23F3N8O/c21-20(22,23)16-11-30(13-26-16)15-10-27-31(19(15)32)18-9-17(24-12-25-18)29-7-3-14(4-8-29)28-5-1-2-6-28/h9-14,27H,1-8H2. The van der Waals surface area contributed by atoms with Crippen LogP contribution in [0, 0.1) is 0 Å². The lowest BCUT2D eigenvalue weighted by molar-refractivity contribution is -0.140. The SMILES string of the molecule is O=c1c(-n2cnc(C(F)(F)F)c2)c[nH]n1-c1cc(N2CCC(N3CCCC3)CC2)ncn1. The number of halogens is 3. The monoisotopic (exact) mass is 448 g/mol. The van der Waals surface area contributed by atoms with E-state index < -0.39 is 17.4 Å². The van der Waals surface area contributed by atoms with Gasteiger partial charge < -0.3 is 9.80 Å². The van der Waals surface area contributed by atoms with E-state index in [-0.39, 0.29) is 5.69 Å². The van der Waals surface area contributed by atoms with E-state index >= 15 is 0 Å². The summed E-state index contributed by atoms with van der Waals surface area (Å²) in [6.07, 6.45) is 4.57. The highest BCUT2D eigenvalue weighted by Crippen LogP contribution is 2.28. The molecule has 32 heavy (non-hydrogen) atoms. The van der Waals surface area contributed by atoms with E-state index in [0.29, 0.717) is 11.9 Å². The van der Waals surface area contributed by atoms with Crippen LogP contribution < -0.4 is 10.5 Å². The molecule has 2 saturated heterocycles. The molecule has 3 aromatic rings. The van der Waals surface area contributed by atoms with Gasteiger partial charge >= 0.3 is 6.18 Å². The summed E-state index contributed by atoms with van der Waals surface area (Å²) in [6, 6.07) is 2.33. The van der Waals surface area contributed by atoms with E-state index in [1.54, 1.807) is 6.07 Å². The maximum absolute atomic E-state index is 12.8. The second-order valence-corrected chi connectivity index (χ2v) is 8.16. The molecule has 12 heteroatoms. The van der Waals surface area contributed by atoms with Gasteiger partial charge in [-0.05, 0) is 38.8 Å². The number of rotatable bonds is 4. The highest BCUT2D eigenvalue weighted by atomic mass is 19.4. The van der Waals surface area contributed by atoms with Crippen LogP contribution in [0.4, 0.5) is 19.0 Å². The van der Waals surface area contributed by atoms with Gasteiger partial charge in [-0.2, -0.15) is 17.9 Å².